The Morgan fingerprint density at radius 2 is 1.90 bits per heavy atom. The first-order chi connectivity index (χ1) is 14.7. The summed E-state index contributed by atoms with van der Waals surface area (Å²) in [6, 6.07) is 23.2. The van der Waals surface area contributed by atoms with E-state index in [-0.39, 0.29) is 12.3 Å². The molecule has 0 spiro atoms. The van der Waals surface area contributed by atoms with Crippen molar-refractivity contribution >= 4 is 21.6 Å². The summed E-state index contributed by atoms with van der Waals surface area (Å²) < 4.78 is 12.7. The van der Waals surface area contributed by atoms with E-state index in [4.69, 9.17) is 14.6 Å². The lowest BCUT2D eigenvalue weighted by atomic mass is 9.95. The Morgan fingerprint density at radius 1 is 1.10 bits per heavy atom. The number of rotatable bonds is 4. The van der Waals surface area contributed by atoms with Crippen LogP contribution in [-0.2, 0) is 6.42 Å². The molecule has 4 nitrogen and oxygen atoms in total. The van der Waals surface area contributed by atoms with Crippen molar-refractivity contribution in [2.45, 2.75) is 32.0 Å². The molecule has 0 saturated heterocycles. The third-order valence-corrected chi connectivity index (χ3v) is 6.48. The van der Waals surface area contributed by atoms with Crippen molar-refractivity contribution in [1.82, 2.24) is 5.01 Å². The van der Waals surface area contributed by atoms with Crippen LogP contribution < -0.4 is 9.47 Å². The molecule has 2 atom stereocenters. The van der Waals surface area contributed by atoms with Gasteiger partial charge < -0.3 is 9.47 Å². The van der Waals surface area contributed by atoms with Gasteiger partial charge in [0.25, 0.3) is 0 Å². The monoisotopic (exact) mass is 462 g/mol. The van der Waals surface area contributed by atoms with Crippen LogP contribution in [0.2, 0.25) is 0 Å². The number of para-hydroxylation sites is 1. The maximum atomic E-state index is 6.44. The van der Waals surface area contributed by atoms with E-state index >= 15 is 0 Å². The SMILES string of the molecule is CCc1ccc(C2=NN3[C@H](C2)c2ccccc2O[C@H]3c2ccc(OC)c(Br)c2)cc1. The quantitative estimate of drug-likeness (QED) is 0.458. The highest BCUT2D eigenvalue weighted by Gasteiger charge is 2.40. The second-order valence-electron chi connectivity index (χ2n) is 7.60. The number of fused-ring (bicyclic) bond motifs is 3. The van der Waals surface area contributed by atoms with E-state index in [2.05, 4.69) is 70.3 Å². The second-order valence-corrected chi connectivity index (χ2v) is 8.45. The summed E-state index contributed by atoms with van der Waals surface area (Å²) in [4.78, 5) is 0. The highest BCUT2D eigenvalue weighted by atomic mass is 79.9. The summed E-state index contributed by atoms with van der Waals surface area (Å²) in [7, 11) is 1.67. The zero-order valence-corrected chi connectivity index (χ0v) is 18.6. The number of hydrogen-bond acceptors (Lipinski definition) is 4. The second kappa shape index (κ2) is 7.80. The number of halogens is 1. The molecule has 0 aromatic heterocycles. The molecule has 2 heterocycles. The smallest absolute Gasteiger partial charge is 0.213 e. The van der Waals surface area contributed by atoms with Crippen LogP contribution in [0.15, 0.2) is 76.3 Å². The molecule has 2 aliphatic heterocycles. The minimum atomic E-state index is -0.292. The molecule has 0 aliphatic carbocycles. The molecule has 152 valence electrons. The highest BCUT2D eigenvalue weighted by Crippen LogP contribution is 2.48. The van der Waals surface area contributed by atoms with E-state index in [1.54, 1.807) is 7.11 Å². The number of aryl methyl sites for hydroxylation is 1. The number of ether oxygens (including phenoxy) is 2. The molecule has 3 aromatic carbocycles. The van der Waals surface area contributed by atoms with Gasteiger partial charge in [-0.15, -0.1) is 0 Å². The van der Waals surface area contributed by atoms with E-state index in [9.17, 15) is 0 Å². The van der Waals surface area contributed by atoms with Crippen LogP contribution in [0.5, 0.6) is 11.5 Å². The Morgan fingerprint density at radius 3 is 2.63 bits per heavy atom. The third kappa shape index (κ3) is 3.27. The predicted molar refractivity (Wildman–Crippen MR) is 122 cm³/mol. The maximum Gasteiger partial charge on any atom is 0.213 e. The van der Waals surface area contributed by atoms with E-state index in [0.29, 0.717) is 0 Å². The fraction of sp³-hybridized carbons (Fsp3) is 0.240. The van der Waals surface area contributed by atoms with Gasteiger partial charge in [-0.1, -0.05) is 49.4 Å². The van der Waals surface area contributed by atoms with E-state index in [0.717, 1.165) is 40.1 Å². The van der Waals surface area contributed by atoms with Gasteiger partial charge in [0.15, 0.2) is 0 Å². The fourth-order valence-corrected chi connectivity index (χ4v) is 4.76. The predicted octanol–water partition coefficient (Wildman–Crippen LogP) is 6.26. The molecule has 0 unspecified atom stereocenters. The minimum Gasteiger partial charge on any atom is -0.496 e. The lowest BCUT2D eigenvalue weighted by Crippen LogP contribution is -2.33. The van der Waals surface area contributed by atoms with Gasteiger partial charge in [0.05, 0.1) is 23.3 Å². The van der Waals surface area contributed by atoms with Crippen LogP contribution in [0.1, 0.15) is 47.9 Å². The Hall–Kier alpha value is -2.79. The third-order valence-electron chi connectivity index (χ3n) is 5.86. The Bertz CT molecular complexity index is 1110. The van der Waals surface area contributed by atoms with Crippen molar-refractivity contribution in [3.8, 4) is 11.5 Å². The molecule has 5 heteroatoms. The van der Waals surface area contributed by atoms with Gasteiger partial charge in [0, 0.05) is 17.5 Å². The zero-order valence-electron chi connectivity index (χ0n) is 17.0. The molecule has 0 radical (unpaired) electrons. The van der Waals surface area contributed by atoms with E-state index < -0.39 is 0 Å². The van der Waals surface area contributed by atoms with Gasteiger partial charge in [-0.3, -0.25) is 0 Å². The van der Waals surface area contributed by atoms with Crippen molar-refractivity contribution in [3.63, 3.8) is 0 Å². The number of benzene rings is 3. The Labute approximate surface area is 185 Å². The van der Waals surface area contributed by atoms with Crippen LogP contribution in [0.3, 0.4) is 0 Å². The van der Waals surface area contributed by atoms with Gasteiger partial charge in [0.2, 0.25) is 6.23 Å². The normalized spacial score (nSPS) is 19.6. The lowest BCUT2D eigenvalue weighted by molar-refractivity contribution is -0.0190. The molecule has 30 heavy (non-hydrogen) atoms. The average Bonchev–Trinajstić information content (AvgIpc) is 3.24. The van der Waals surface area contributed by atoms with Gasteiger partial charge >= 0.3 is 0 Å². The van der Waals surface area contributed by atoms with Crippen LogP contribution in [0, 0.1) is 0 Å². The highest BCUT2D eigenvalue weighted by molar-refractivity contribution is 9.10. The largest absolute Gasteiger partial charge is 0.496 e. The summed E-state index contributed by atoms with van der Waals surface area (Å²) in [6.45, 7) is 2.17. The molecule has 3 aromatic rings. The van der Waals surface area contributed by atoms with Crippen molar-refractivity contribution in [1.29, 1.82) is 0 Å². The molecular weight excluding hydrogens is 440 g/mol. The molecule has 0 N–H and O–H groups in total. The topological polar surface area (TPSA) is 34.1 Å². The summed E-state index contributed by atoms with van der Waals surface area (Å²) >= 11 is 3.61. The summed E-state index contributed by atoms with van der Waals surface area (Å²) in [5.74, 6) is 1.72. The van der Waals surface area contributed by atoms with E-state index in [1.165, 1.54) is 16.7 Å². The molecule has 2 aliphatic rings. The minimum absolute atomic E-state index is 0.154. The average molecular weight is 463 g/mol. The lowest BCUT2D eigenvalue weighted by Gasteiger charge is -2.38. The standard InChI is InChI=1S/C25H23BrN2O2/c1-3-16-8-10-17(11-9-16)21-15-22-19-6-4-5-7-23(19)30-25(28(22)27-21)18-12-13-24(29-2)20(26)14-18/h4-14,22,25H,3,15H2,1-2H3/t22-,25+/m1/s1. The molecule has 5 rings (SSSR count). The Kier molecular flexibility index (Phi) is 4.99. The van der Waals surface area contributed by atoms with Gasteiger partial charge in [-0.05, 0) is 57.7 Å². The molecular formula is C25H23BrN2O2. The molecule has 0 fully saturated rings. The summed E-state index contributed by atoms with van der Waals surface area (Å²) in [6.07, 6.45) is 1.61. The molecule has 0 amide bonds. The van der Waals surface area contributed by atoms with Crippen molar-refractivity contribution < 1.29 is 9.47 Å². The number of nitrogens with zero attached hydrogens (tertiary/aromatic N) is 2. The van der Waals surface area contributed by atoms with E-state index in [1.807, 2.05) is 24.3 Å². The summed E-state index contributed by atoms with van der Waals surface area (Å²) in [5, 5.41) is 7.15. The van der Waals surface area contributed by atoms with Gasteiger partial charge in [0.1, 0.15) is 11.5 Å². The number of hydrogen-bond donors (Lipinski definition) is 0. The van der Waals surface area contributed by atoms with Crippen molar-refractivity contribution in [3.05, 3.63) is 93.5 Å². The zero-order chi connectivity index (χ0) is 20.7. The van der Waals surface area contributed by atoms with Gasteiger partial charge in [-0.2, -0.15) is 5.10 Å². The summed E-state index contributed by atoms with van der Waals surface area (Å²) in [5.41, 5.74) is 5.83. The van der Waals surface area contributed by atoms with Crippen LogP contribution in [0.4, 0.5) is 0 Å². The maximum absolute atomic E-state index is 6.44. The van der Waals surface area contributed by atoms with Crippen molar-refractivity contribution in [2.24, 2.45) is 5.10 Å². The van der Waals surface area contributed by atoms with Gasteiger partial charge in [-0.25, -0.2) is 5.01 Å². The fourth-order valence-electron chi connectivity index (χ4n) is 4.20. The molecule has 0 saturated carbocycles. The Balaban J connectivity index is 1.56. The van der Waals surface area contributed by atoms with Crippen LogP contribution in [0.25, 0.3) is 0 Å². The first-order valence-electron chi connectivity index (χ1n) is 10.2. The first kappa shape index (κ1) is 19.2. The first-order valence-corrected chi connectivity index (χ1v) is 11.0. The number of hydrazone groups is 1. The van der Waals surface area contributed by atoms with Crippen LogP contribution >= 0.6 is 15.9 Å². The molecule has 0 bridgehead atoms. The van der Waals surface area contributed by atoms with Crippen molar-refractivity contribution in [2.75, 3.05) is 7.11 Å². The van der Waals surface area contributed by atoms with Crippen LogP contribution in [-0.4, -0.2) is 17.8 Å². The number of methoxy groups -OCH3 is 1.